The summed E-state index contributed by atoms with van der Waals surface area (Å²) in [6.45, 7) is 7.59. The molecule has 12 heteroatoms. The molecule has 0 spiro atoms. The average molecular weight is 610 g/mol. The quantitative estimate of drug-likeness (QED) is 0.162. The highest BCUT2D eigenvalue weighted by Gasteiger charge is 2.51. The molecule has 1 aliphatic rings. The number of ether oxygens (including phenoxy) is 1. The number of hydrogen-bond donors (Lipinski definition) is 0. The molecule has 0 unspecified atom stereocenters. The van der Waals surface area contributed by atoms with Crippen LogP contribution in [0.1, 0.15) is 49.2 Å². The lowest BCUT2D eigenvalue weighted by atomic mass is 9.79. The van der Waals surface area contributed by atoms with Gasteiger partial charge in [0, 0.05) is 12.3 Å². The van der Waals surface area contributed by atoms with Gasteiger partial charge in [0.1, 0.15) is 22.9 Å². The van der Waals surface area contributed by atoms with Crippen LogP contribution in [0.15, 0.2) is 85.1 Å². The van der Waals surface area contributed by atoms with Crippen LogP contribution < -0.4 is 15.1 Å². The highest BCUT2D eigenvalue weighted by atomic mass is 19.4. The molecule has 0 radical (unpaired) electrons. The van der Waals surface area contributed by atoms with Crippen molar-refractivity contribution in [1.82, 2.24) is 4.98 Å². The van der Waals surface area contributed by atoms with Crippen molar-refractivity contribution >= 4 is 24.2 Å². The maximum atomic E-state index is 15.1. The molecule has 4 aromatic rings. The summed E-state index contributed by atoms with van der Waals surface area (Å²) in [6, 6.07) is 16.7. The van der Waals surface area contributed by atoms with Crippen LogP contribution in [0, 0.1) is 11.6 Å². The Morgan fingerprint density at radius 3 is 2.23 bits per heavy atom. The Labute approximate surface area is 251 Å². The van der Waals surface area contributed by atoms with Gasteiger partial charge < -0.3 is 18.9 Å². The first kappa shape index (κ1) is 31.1. The molecule has 1 aromatic heterocycles. The fourth-order valence-corrected chi connectivity index (χ4v) is 4.54. The van der Waals surface area contributed by atoms with E-state index in [2.05, 4.69) is 4.98 Å². The number of alkyl halides is 3. The molecular formula is C32H28BF5N2O4. The largest absolute Gasteiger partial charge is 0.494 e. The van der Waals surface area contributed by atoms with E-state index in [1.165, 1.54) is 24.4 Å². The molecule has 1 fully saturated rings. The van der Waals surface area contributed by atoms with E-state index in [1.807, 2.05) is 27.7 Å². The number of rotatable bonds is 7. The number of amides is 1. The van der Waals surface area contributed by atoms with E-state index >= 15 is 4.39 Å². The molecule has 2 heterocycles. The summed E-state index contributed by atoms with van der Waals surface area (Å²) in [6.07, 6.45) is -3.31. The number of benzene rings is 3. The number of aromatic nitrogens is 1. The number of halogens is 5. The van der Waals surface area contributed by atoms with Gasteiger partial charge >= 0.3 is 13.3 Å². The fraction of sp³-hybridized carbons (Fsp3) is 0.250. The number of anilines is 1. The first-order chi connectivity index (χ1) is 20.6. The molecule has 0 N–H and O–H groups in total. The number of nitrogens with zero attached hydrogens (tertiary/aromatic N) is 2. The first-order valence-electron chi connectivity index (χ1n) is 13.7. The lowest BCUT2D eigenvalue weighted by molar-refractivity contribution is -0.137. The number of carbonyl (C=O) groups is 1. The number of carbonyl (C=O) groups excluding carboxylic acids is 1. The van der Waals surface area contributed by atoms with Crippen molar-refractivity contribution in [2.24, 2.45) is 0 Å². The van der Waals surface area contributed by atoms with E-state index in [1.54, 1.807) is 24.3 Å². The number of pyridine rings is 1. The normalized spacial score (nSPS) is 15.7. The molecule has 6 nitrogen and oxygen atoms in total. The zero-order valence-corrected chi connectivity index (χ0v) is 24.3. The van der Waals surface area contributed by atoms with Gasteiger partial charge in [0.25, 0.3) is 5.91 Å². The molecule has 228 valence electrons. The molecule has 0 saturated carbocycles. The second kappa shape index (κ2) is 11.7. The van der Waals surface area contributed by atoms with E-state index in [9.17, 15) is 22.4 Å². The maximum absolute atomic E-state index is 15.1. The monoisotopic (exact) mass is 610 g/mol. The highest BCUT2D eigenvalue weighted by Crippen LogP contribution is 2.37. The Morgan fingerprint density at radius 1 is 0.909 bits per heavy atom. The Bertz CT molecular complexity index is 1660. The van der Waals surface area contributed by atoms with Gasteiger partial charge in [-0.3, -0.25) is 4.79 Å². The molecule has 0 bridgehead atoms. The third kappa shape index (κ3) is 6.46. The molecule has 0 aliphatic carbocycles. The molecule has 1 amide bonds. The highest BCUT2D eigenvalue weighted by molar-refractivity contribution is 6.62. The lowest BCUT2D eigenvalue weighted by Gasteiger charge is -2.32. The summed E-state index contributed by atoms with van der Waals surface area (Å²) in [5.41, 5.74) is -1.08. The van der Waals surface area contributed by atoms with Crippen LogP contribution in [0.2, 0.25) is 0 Å². The number of hydrogen-bond acceptors (Lipinski definition) is 5. The van der Waals surface area contributed by atoms with Crippen LogP contribution in [0.25, 0.3) is 0 Å². The Hall–Kier alpha value is -4.29. The van der Waals surface area contributed by atoms with Crippen molar-refractivity contribution in [2.45, 2.75) is 51.6 Å². The van der Waals surface area contributed by atoms with E-state index < -0.39 is 47.6 Å². The maximum Gasteiger partial charge on any atom is 0.494 e. The predicted molar refractivity (Wildman–Crippen MR) is 155 cm³/mol. The van der Waals surface area contributed by atoms with Crippen LogP contribution in [-0.2, 0) is 22.0 Å². The third-order valence-electron chi connectivity index (χ3n) is 7.67. The molecular weight excluding hydrogens is 582 g/mol. The van der Waals surface area contributed by atoms with Crippen molar-refractivity contribution < 1.29 is 40.8 Å². The minimum Gasteiger partial charge on any atom is -0.438 e. The van der Waals surface area contributed by atoms with Crippen LogP contribution in [0.5, 0.6) is 11.6 Å². The lowest BCUT2D eigenvalue weighted by Crippen LogP contribution is -2.41. The van der Waals surface area contributed by atoms with Crippen LogP contribution in [-0.4, -0.2) is 29.2 Å². The minimum absolute atomic E-state index is 0.150. The van der Waals surface area contributed by atoms with Gasteiger partial charge in [-0.25, -0.2) is 13.8 Å². The van der Waals surface area contributed by atoms with Crippen molar-refractivity contribution in [1.29, 1.82) is 0 Å². The topological polar surface area (TPSA) is 60.9 Å². The second-order valence-corrected chi connectivity index (χ2v) is 11.3. The van der Waals surface area contributed by atoms with Gasteiger partial charge in [-0.05, 0) is 81.2 Å². The molecule has 3 aromatic carbocycles. The smallest absolute Gasteiger partial charge is 0.438 e. The Morgan fingerprint density at radius 2 is 1.59 bits per heavy atom. The van der Waals surface area contributed by atoms with Crippen molar-refractivity contribution in [2.75, 3.05) is 4.90 Å². The average Bonchev–Trinajstić information content (AvgIpc) is 3.18. The van der Waals surface area contributed by atoms with Crippen LogP contribution in [0.4, 0.5) is 27.6 Å². The summed E-state index contributed by atoms with van der Waals surface area (Å²) >= 11 is 0. The minimum atomic E-state index is -4.61. The van der Waals surface area contributed by atoms with E-state index in [0.29, 0.717) is 11.6 Å². The van der Waals surface area contributed by atoms with Crippen molar-refractivity contribution in [3.05, 3.63) is 113 Å². The van der Waals surface area contributed by atoms with Crippen molar-refractivity contribution in [3.8, 4) is 11.6 Å². The van der Waals surface area contributed by atoms with E-state index in [0.717, 1.165) is 40.7 Å². The summed E-state index contributed by atoms with van der Waals surface area (Å²) in [5, 5.41) is 0. The fourth-order valence-electron chi connectivity index (χ4n) is 4.54. The molecule has 1 saturated heterocycles. The summed E-state index contributed by atoms with van der Waals surface area (Å²) in [7, 11) is -0.618. The van der Waals surface area contributed by atoms with Crippen LogP contribution >= 0.6 is 0 Å². The standard InChI is InChI=1S/C32H28BF5N2O4/c1-30(2)31(3,4)44-33(43-30)22-12-10-20(11-13-22)19-40(27-15-14-23(34)18-26(27)35)29(41)25-9-6-16-39-28(25)42-24-8-5-7-21(17-24)32(36,37)38/h5-18H,19H2,1-4H3. The zero-order valence-electron chi connectivity index (χ0n) is 24.3. The Balaban J connectivity index is 1.46. The first-order valence-corrected chi connectivity index (χ1v) is 13.7. The van der Waals surface area contributed by atoms with Gasteiger partial charge in [-0.1, -0.05) is 30.3 Å². The SMILES string of the molecule is CC1(C)OB(c2ccc(CN(C(=O)c3cccnc3Oc3cccc(C(F)(F)F)c3)c3ccc(F)cc3F)cc2)OC1(C)C. The summed E-state index contributed by atoms with van der Waals surface area (Å²) < 4.78 is 86.5. The molecule has 44 heavy (non-hydrogen) atoms. The van der Waals surface area contributed by atoms with Gasteiger partial charge in [0.05, 0.1) is 29.0 Å². The van der Waals surface area contributed by atoms with Gasteiger partial charge in [0.2, 0.25) is 5.88 Å². The van der Waals surface area contributed by atoms with Crippen molar-refractivity contribution in [3.63, 3.8) is 0 Å². The summed E-state index contributed by atoms with van der Waals surface area (Å²) in [5.74, 6) is -3.09. The summed E-state index contributed by atoms with van der Waals surface area (Å²) in [4.78, 5) is 19.1. The van der Waals surface area contributed by atoms with Gasteiger partial charge in [-0.2, -0.15) is 13.2 Å². The van der Waals surface area contributed by atoms with Gasteiger partial charge in [0.15, 0.2) is 0 Å². The molecule has 0 atom stereocenters. The van der Waals surface area contributed by atoms with Crippen LogP contribution in [0.3, 0.4) is 0 Å². The van der Waals surface area contributed by atoms with E-state index in [4.69, 9.17) is 14.0 Å². The Kier molecular flexibility index (Phi) is 8.26. The van der Waals surface area contributed by atoms with Gasteiger partial charge in [-0.15, -0.1) is 0 Å². The molecule has 5 rings (SSSR count). The zero-order chi connectivity index (χ0) is 31.9. The third-order valence-corrected chi connectivity index (χ3v) is 7.67. The molecule has 1 aliphatic heterocycles. The predicted octanol–water partition coefficient (Wildman–Crippen LogP) is 7.32. The second-order valence-electron chi connectivity index (χ2n) is 11.3. The van der Waals surface area contributed by atoms with E-state index in [-0.39, 0.29) is 29.4 Å².